The quantitative estimate of drug-likeness (QED) is 0.760. The van der Waals surface area contributed by atoms with Crippen molar-refractivity contribution in [2.24, 2.45) is 0 Å². The summed E-state index contributed by atoms with van der Waals surface area (Å²) in [6.45, 7) is 1.45. The number of hydrogen-bond donors (Lipinski definition) is 3. The van der Waals surface area contributed by atoms with Gasteiger partial charge in [-0.15, -0.1) is 12.4 Å². The summed E-state index contributed by atoms with van der Waals surface area (Å²) in [6.07, 6.45) is 0.178. The number of methoxy groups -OCH3 is 1. The Morgan fingerprint density at radius 3 is 2.52 bits per heavy atom. The van der Waals surface area contributed by atoms with Gasteiger partial charge in [0.25, 0.3) is 0 Å². The van der Waals surface area contributed by atoms with E-state index in [1.807, 2.05) is 0 Å². The third kappa shape index (κ3) is 4.85. The lowest BCUT2D eigenvalue weighted by molar-refractivity contribution is 0.187. The summed E-state index contributed by atoms with van der Waals surface area (Å²) in [5, 5.41) is 5.55. The molecule has 21 heavy (non-hydrogen) atoms. The molecule has 1 amide bonds. The molecule has 9 heteroatoms. The number of rotatable bonds is 4. The summed E-state index contributed by atoms with van der Waals surface area (Å²) in [5.41, 5.74) is 0.471. The highest BCUT2D eigenvalue weighted by atomic mass is 35.5. The standard InChI is InChI=1S/C12H17N3O4S.ClH/c1-19-12(16)14-9-2-4-11(5-3-9)20(17,18)15-10-6-7-13-8-10;/h2-5,10,13,15H,6-8H2,1H3,(H,14,16);1H. The van der Waals surface area contributed by atoms with Crippen LogP contribution in [0.4, 0.5) is 10.5 Å². The first-order valence-corrected chi connectivity index (χ1v) is 7.67. The maximum atomic E-state index is 12.1. The van der Waals surface area contributed by atoms with E-state index in [9.17, 15) is 13.2 Å². The Labute approximate surface area is 129 Å². The smallest absolute Gasteiger partial charge is 0.411 e. The molecule has 118 valence electrons. The van der Waals surface area contributed by atoms with Crippen molar-refractivity contribution >= 4 is 34.2 Å². The number of carbonyl (C=O) groups is 1. The zero-order valence-corrected chi connectivity index (χ0v) is 13.1. The van der Waals surface area contributed by atoms with Crippen LogP contribution in [0.2, 0.25) is 0 Å². The summed E-state index contributed by atoms with van der Waals surface area (Å²) >= 11 is 0. The highest BCUT2D eigenvalue weighted by Gasteiger charge is 2.22. The van der Waals surface area contributed by atoms with E-state index < -0.39 is 16.1 Å². The highest BCUT2D eigenvalue weighted by Crippen LogP contribution is 2.15. The van der Waals surface area contributed by atoms with Crippen LogP contribution in [-0.2, 0) is 14.8 Å². The molecule has 7 nitrogen and oxygen atoms in total. The van der Waals surface area contributed by atoms with Gasteiger partial charge in [0.2, 0.25) is 10.0 Å². The van der Waals surface area contributed by atoms with Crippen molar-refractivity contribution in [3.8, 4) is 0 Å². The molecular weight excluding hydrogens is 318 g/mol. The van der Waals surface area contributed by atoms with Crippen LogP contribution in [0.25, 0.3) is 0 Å². The van der Waals surface area contributed by atoms with E-state index in [0.29, 0.717) is 12.2 Å². The Morgan fingerprint density at radius 2 is 2.00 bits per heavy atom. The SMILES string of the molecule is COC(=O)Nc1ccc(S(=O)(=O)NC2CCNC2)cc1.Cl. The van der Waals surface area contributed by atoms with Crippen molar-refractivity contribution in [2.75, 3.05) is 25.5 Å². The second kappa shape index (κ2) is 7.60. The van der Waals surface area contributed by atoms with Gasteiger partial charge in [-0.25, -0.2) is 17.9 Å². The molecule has 1 aliphatic heterocycles. The molecule has 2 rings (SSSR count). The molecule has 1 aromatic rings. The second-order valence-electron chi connectivity index (χ2n) is 4.45. The van der Waals surface area contributed by atoms with Gasteiger partial charge in [-0.05, 0) is 37.2 Å². The Kier molecular flexibility index (Phi) is 6.41. The van der Waals surface area contributed by atoms with Crippen molar-refractivity contribution in [2.45, 2.75) is 17.4 Å². The molecule has 1 aliphatic rings. The molecule has 1 heterocycles. The zero-order valence-electron chi connectivity index (χ0n) is 11.5. The largest absolute Gasteiger partial charge is 0.453 e. The minimum atomic E-state index is -3.53. The third-order valence-corrected chi connectivity index (χ3v) is 4.51. The van der Waals surface area contributed by atoms with Crippen LogP contribution in [0, 0.1) is 0 Å². The number of benzene rings is 1. The minimum Gasteiger partial charge on any atom is -0.453 e. The van der Waals surface area contributed by atoms with Gasteiger partial charge >= 0.3 is 6.09 Å². The number of carbonyl (C=O) groups excluding carboxylic acids is 1. The van der Waals surface area contributed by atoms with Gasteiger partial charge in [-0.2, -0.15) is 0 Å². The van der Waals surface area contributed by atoms with E-state index >= 15 is 0 Å². The number of amides is 1. The molecule has 1 saturated heterocycles. The lowest BCUT2D eigenvalue weighted by atomic mass is 10.3. The lowest BCUT2D eigenvalue weighted by Gasteiger charge is -2.12. The van der Waals surface area contributed by atoms with E-state index in [0.717, 1.165) is 13.0 Å². The molecule has 1 unspecified atom stereocenters. The number of anilines is 1. The number of sulfonamides is 1. The summed E-state index contributed by atoms with van der Waals surface area (Å²) in [6, 6.07) is 5.83. The molecule has 0 saturated carbocycles. The van der Waals surface area contributed by atoms with Crippen LogP contribution in [0.1, 0.15) is 6.42 Å². The molecule has 0 aliphatic carbocycles. The average Bonchev–Trinajstić information content (AvgIpc) is 2.91. The fraction of sp³-hybridized carbons (Fsp3) is 0.417. The summed E-state index contributed by atoms with van der Waals surface area (Å²) in [5.74, 6) is 0. The monoisotopic (exact) mass is 335 g/mol. The van der Waals surface area contributed by atoms with E-state index in [2.05, 4.69) is 20.1 Å². The van der Waals surface area contributed by atoms with Crippen molar-refractivity contribution < 1.29 is 17.9 Å². The number of nitrogens with one attached hydrogen (secondary N) is 3. The first-order valence-electron chi connectivity index (χ1n) is 6.19. The van der Waals surface area contributed by atoms with Gasteiger partial charge in [0.15, 0.2) is 0 Å². The van der Waals surface area contributed by atoms with Crippen molar-refractivity contribution in [1.29, 1.82) is 0 Å². The van der Waals surface area contributed by atoms with Crippen LogP contribution >= 0.6 is 12.4 Å². The Bertz CT molecular complexity index is 571. The van der Waals surface area contributed by atoms with Crippen LogP contribution in [0.15, 0.2) is 29.2 Å². The molecule has 1 atom stereocenters. The molecule has 0 bridgehead atoms. The molecule has 3 N–H and O–H groups in total. The summed E-state index contributed by atoms with van der Waals surface area (Å²) in [7, 11) is -2.27. The molecule has 0 radical (unpaired) electrons. The van der Waals surface area contributed by atoms with Crippen LogP contribution in [0.3, 0.4) is 0 Å². The zero-order chi connectivity index (χ0) is 14.6. The molecule has 1 fully saturated rings. The molecule has 1 aromatic carbocycles. The number of halogens is 1. The van der Waals surface area contributed by atoms with Gasteiger partial charge in [0.1, 0.15) is 0 Å². The average molecular weight is 336 g/mol. The van der Waals surface area contributed by atoms with Crippen LogP contribution in [0.5, 0.6) is 0 Å². The van der Waals surface area contributed by atoms with E-state index in [-0.39, 0.29) is 23.3 Å². The Morgan fingerprint density at radius 1 is 1.33 bits per heavy atom. The summed E-state index contributed by atoms with van der Waals surface area (Å²) in [4.78, 5) is 11.2. The molecule has 0 aromatic heterocycles. The lowest BCUT2D eigenvalue weighted by Crippen LogP contribution is -2.36. The van der Waals surface area contributed by atoms with Crippen molar-refractivity contribution in [3.63, 3.8) is 0 Å². The first kappa shape index (κ1) is 17.7. The predicted molar refractivity (Wildman–Crippen MR) is 81.3 cm³/mol. The fourth-order valence-corrected chi connectivity index (χ4v) is 3.20. The first-order chi connectivity index (χ1) is 9.51. The Balaban J connectivity index is 0.00000220. The Hall–Kier alpha value is -1.35. The third-order valence-electron chi connectivity index (χ3n) is 2.98. The van der Waals surface area contributed by atoms with E-state index in [4.69, 9.17) is 0 Å². The van der Waals surface area contributed by atoms with Gasteiger partial charge < -0.3 is 10.1 Å². The number of hydrogen-bond acceptors (Lipinski definition) is 5. The van der Waals surface area contributed by atoms with Gasteiger partial charge in [0.05, 0.1) is 12.0 Å². The van der Waals surface area contributed by atoms with Gasteiger partial charge in [-0.3, -0.25) is 5.32 Å². The summed E-state index contributed by atoms with van der Waals surface area (Å²) < 4.78 is 31.3. The second-order valence-corrected chi connectivity index (χ2v) is 6.17. The highest BCUT2D eigenvalue weighted by molar-refractivity contribution is 7.89. The topological polar surface area (TPSA) is 96.5 Å². The van der Waals surface area contributed by atoms with Crippen LogP contribution < -0.4 is 15.4 Å². The van der Waals surface area contributed by atoms with Crippen molar-refractivity contribution in [3.05, 3.63) is 24.3 Å². The fourth-order valence-electron chi connectivity index (χ4n) is 1.93. The molecule has 0 spiro atoms. The van der Waals surface area contributed by atoms with Gasteiger partial charge in [-0.1, -0.05) is 0 Å². The minimum absolute atomic E-state index is 0. The maximum Gasteiger partial charge on any atom is 0.411 e. The predicted octanol–water partition coefficient (Wildman–Crippen LogP) is 0.927. The maximum absolute atomic E-state index is 12.1. The van der Waals surface area contributed by atoms with E-state index in [1.54, 1.807) is 0 Å². The molecular formula is C12H18ClN3O4S. The van der Waals surface area contributed by atoms with Gasteiger partial charge in [0, 0.05) is 18.3 Å². The van der Waals surface area contributed by atoms with Crippen LogP contribution in [-0.4, -0.2) is 40.8 Å². The van der Waals surface area contributed by atoms with Crippen molar-refractivity contribution in [1.82, 2.24) is 10.0 Å². The number of ether oxygens (including phenoxy) is 1. The van der Waals surface area contributed by atoms with E-state index in [1.165, 1.54) is 31.4 Å². The normalized spacial score (nSPS) is 17.9.